The van der Waals surface area contributed by atoms with Crippen molar-refractivity contribution >= 4 is 5.78 Å². The SMILES string of the molecule is CC(=O)/C1=C/C/C=C\CC/C=C\CCC1. The summed E-state index contributed by atoms with van der Waals surface area (Å²) in [4.78, 5) is 11.3. The second-order valence-electron chi connectivity index (χ2n) is 3.93. The third kappa shape index (κ3) is 5.36. The number of hydrogen-bond acceptors (Lipinski definition) is 1. The topological polar surface area (TPSA) is 17.1 Å². The summed E-state index contributed by atoms with van der Waals surface area (Å²) < 4.78 is 0. The number of allylic oxidation sites excluding steroid dienone is 6. The van der Waals surface area contributed by atoms with Gasteiger partial charge in [0.05, 0.1) is 0 Å². The van der Waals surface area contributed by atoms with Crippen molar-refractivity contribution in [3.63, 3.8) is 0 Å². The number of Topliss-reactive ketones (excluding diaryl/α,β-unsaturated/α-hetero) is 1. The van der Waals surface area contributed by atoms with E-state index in [1.54, 1.807) is 6.92 Å². The first-order valence-corrected chi connectivity index (χ1v) is 5.80. The van der Waals surface area contributed by atoms with Gasteiger partial charge in [-0.15, -0.1) is 0 Å². The molecule has 0 fully saturated rings. The maximum Gasteiger partial charge on any atom is 0.155 e. The Morgan fingerprint density at radius 2 is 1.73 bits per heavy atom. The van der Waals surface area contributed by atoms with Crippen LogP contribution < -0.4 is 0 Å². The van der Waals surface area contributed by atoms with Gasteiger partial charge in [0.25, 0.3) is 0 Å². The van der Waals surface area contributed by atoms with Crippen molar-refractivity contribution in [2.75, 3.05) is 0 Å². The van der Waals surface area contributed by atoms with Crippen molar-refractivity contribution in [3.05, 3.63) is 36.0 Å². The zero-order chi connectivity index (χ0) is 10.9. The fraction of sp³-hybridized carbons (Fsp3) is 0.500. The van der Waals surface area contributed by atoms with E-state index >= 15 is 0 Å². The molecule has 15 heavy (non-hydrogen) atoms. The summed E-state index contributed by atoms with van der Waals surface area (Å²) in [6.45, 7) is 1.66. The average molecular weight is 204 g/mol. The third-order valence-corrected chi connectivity index (χ3v) is 2.60. The van der Waals surface area contributed by atoms with Crippen molar-refractivity contribution in [1.82, 2.24) is 0 Å². The van der Waals surface area contributed by atoms with Crippen molar-refractivity contribution in [2.45, 2.75) is 45.4 Å². The van der Waals surface area contributed by atoms with Gasteiger partial charge in [-0.2, -0.15) is 0 Å². The smallest absolute Gasteiger partial charge is 0.155 e. The average Bonchev–Trinajstić information content (AvgIpc) is 2.18. The second kappa shape index (κ2) is 7.22. The number of carbonyl (C=O) groups excluding carboxylic acids is 1. The molecule has 0 saturated heterocycles. The molecular formula is C14H20O. The van der Waals surface area contributed by atoms with Crippen molar-refractivity contribution in [3.8, 4) is 0 Å². The van der Waals surface area contributed by atoms with Crippen LogP contribution >= 0.6 is 0 Å². The van der Waals surface area contributed by atoms with E-state index in [1.807, 2.05) is 0 Å². The van der Waals surface area contributed by atoms with Gasteiger partial charge in [0.15, 0.2) is 5.78 Å². The van der Waals surface area contributed by atoms with E-state index in [-0.39, 0.29) is 5.78 Å². The Kier molecular flexibility index (Phi) is 5.76. The Morgan fingerprint density at radius 3 is 2.47 bits per heavy atom. The second-order valence-corrected chi connectivity index (χ2v) is 3.93. The van der Waals surface area contributed by atoms with E-state index in [1.165, 1.54) is 0 Å². The van der Waals surface area contributed by atoms with E-state index in [2.05, 4.69) is 30.4 Å². The molecule has 1 heteroatoms. The molecular weight excluding hydrogens is 184 g/mol. The Morgan fingerprint density at radius 1 is 1.07 bits per heavy atom. The van der Waals surface area contributed by atoms with Gasteiger partial charge < -0.3 is 0 Å². The van der Waals surface area contributed by atoms with Gasteiger partial charge in [-0.25, -0.2) is 0 Å². The van der Waals surface area contributed by atoms with E-state index in [0.717, 1.165) is 44.1 Å². The predicted octanol–water partition coefficient (Wildman–Crippen LogP) is 3.97. The minimum atomic E-state index is 0.226. The highest BCUT2D eigenvalue weighted by atomic mass is 16.1. The Hall–Kier alpha value is -1.11. The summed E-state index contributed by atoms with van der Waals surface area (Å²) in [5.41, 5.74) is 0.994. The molecule has 1 nitrogen and oxygen atoms in total. The van der Waals surface area contributed by atoms with Crippen molar-refractivity contribution in [2.24, 2.45) is 0 Å². The quantitative estimate of drug-likeness (QED) is 0.591. The van der Waals surface area contributed by atoms with Crippen LogP contribution in [0.5, 0.6) is 0 Å². The molecule has 0 aromatic heterocycles. The largest absolute Gasteiger partial charge is 0.295 e. The lowest BCUT2D eigenvalue weighted by Gasteiger charge is -2.02. The molecule has 1 aliphatic carbocycles. The zero-order valence-corrected chi connectivity index (χ0v) is 9.54. The molecule has 0 saturated carbocycles. The molecule has 0 bridgehead atoms. The number of carbonyl (C=O) groups is 1. The fourth-order valence-corrected chi connectivity index (χ4v) is 1.68. The lowest BCUT2D eigenvalue weighted by Crippen LogP contribution is -1.96. The minimum absolute atomic E-state index is 0.226. The molecule has 0 N–H and O–H groups in total. The van der Waals surface area contributed by atoms with Crippen LogP contribution in [0.2, 0.25) is 0 Å². The lowest BCUT2D eigenvalue weighted by molar-refractivity contribution is -0.113. The first kappa shape index (κ1) is 12.0. The first-order valence-electron chi connectivity index (χ1n) is 5.80. The highest BCUT2D eigenvalue weighted by Gasteiger charge is 2.01. The number of hydrogen-bond donors (Lipinski definition) is 0. The lowest BCUT2D eigenvalue weighted by atomic mass is 10.0. The summed E-state index contributed by atoms with van der Waals surface area (Å²) in [6, 6.07) is 0. The van der Waals surface area contributed by atoms with Gasteiger partial charge in [0.1, 0.15) is 0 Å². The minimum Gasteiger partial charge on any atom is -0.295 e. The van der Waals surface area contributed by atoms with E-state index in [9.17, 15) is 4.79 Å². The van der Waals surface area contributed by atoms with Gasteiger partial charge in [-0.3, -0.25) is 4.79 Å². The van der Waals surface area contributed by atoms with Crippen LogP contribution in [0.1, 0.15) is 45.4 Å². The summed E-state index contributed by atoms with van der Waals surface area (Å²) in [5.74, 6) is 0.226. The van der Waals surface area contributed by atoms with Gasteiger partial charge >= 0.3 is 0 Å². The Bertz CT molecular complexity index is 282. The molecule has 0 spiro atoms. The molecule has 0 amide bonds. The maximum atomic E-state index is 11.3. The van der Waals surface area contributed by atoms with Crippen LogP contribution in [-0.4, -0.2) is 5.78 Å². The molecule has 0 radical (unpaired) electrons. The van der Waals surface area contributed by atoms with Crippen molar-refractivity contribution < 1.29 is 4.79 Å². The van der Waals surface area contributed by atoms with Crippen LogP contribution in [0.4, 0.5) is 0 Å². The van der Waals surface area contributed by atoms with Crippen molar-refractivity contribution in [1.29, 1.82) is 0 Å². The number of rotatable bonds is 1. The van der Waals surface area contributed by atoms with Gasteiger partial charge in [-0.1, -0.05) is 30.4 Å². The molecule has 0 heterocycles. The monoisotopic (exact) mass is 204 g/mol. The Balaban J connectivity index is 2.59. The van der Waals surface area contributed by atoms with E-state index in [0.29, 0.717) is 0 Å². The predicted molar refractivity (Wildman–Crippen MR) is 64.7 cm³/mol. The maximum absolute atomic E-state index is 11.3. The summed E-state index contributed by atoms with van der Waals surface area (Å²) >= 11 is 0. The van der Waals surface area contributed by atoms with Crippen LogP contribution in [0.15, 0.2) is 36.0 Å². The van der Waals surface area contributed by atoms with Crippen LogP contribution in [0.25, 0.3) is 0 Å². The number of ketones is 1. The van der Waals surface area contributed by atoms with Gasteiger partial charge in [0.2, 0.25) is 0 Å². The standard InChI is InChI=1S/C14H20O/c1-13(15)14-11-9-7-5-3-2-4-6-8-10-12-14/h3,5-6,8,12H,2,4,7,9-11H2,1H3/b5-3-,8-6-,14-12+. The van der Waals surface area contributed by atoms with Crippen LogP contribution in [0.3, 0.4) is 0 Å². The third-order valence-electron chi connectivity index (χ3n) is 2.60. The highest BCUT2D eigenvalue weighted by Crippen LogP contribution is 2.11. The molecule has 82 valence electrons. The molecule has 0 aromatic rings. The molecule has 1 aliphatic rings. The fourth-order valence-electron chi connectivity index (χ4n) is 1.68. The normalized spacial score (nSPS) is 26.6. The summed E-state index contributed by atoms with van der Waals surface area (Å²) in [6.07, 6.45) is 17.1. The zero-order valence-electron chi connectivity index (χ0n) is 9.54. The van der Waals surface area contributed by atoms with E-state index in [4.69, 9.17) is 0 Å². The Labute approximate surface area is 92.6 Å². The molecule has 1 rings (SSSR count). The molecule has 0 unspecified atom stereocenters. The van der Waals surface area contributed by atoms with Crippen LogP contribution in [-0.2, 0) is 4.79 Å². The van der Waals surface area contributed by atoms with E-state index < -0.39 is 0 Å². The molecule has 0 atom stereocenters. The molecule has 0 aromatic carbocycles. The van der Waals surface area contributed by atoms with Gasteiger partial charge in [-0.05, 0) is 51.0 Å². The molecule has 0 aliphatic heterocycles. The van der Waals surface area contributed by atoms with Crippen LogP contribution in [0, 0.1) is 0 Å². The summed E-state index contributed by atoms with van der Waals surface area (Å²) in [7, 11) is 0. The highest BCUT2D eigenvalue weighted by molar-refractivity contribution is 5.93. The first-order chi connectivity index (χ1) is 7.30. The summed E-state index contributed by atoms with van der Waals surface area (Å²) in [5, 5.41) is 0. The van der Waals surface area contributed by atoms with Gasteiger partial charge in [0, 0.05) is 0 Å².